The van der Waals surface area contributed by atoms with Crippen LogP contribution < -0.4 is 0 Å². The summed E-state index contributed by atoms with van der Waals surface area (Å²) in [5.74, 6) is 0. The first kappa shape index (κ1) is 8.04. The molecule has 4 heteroatoms. The molecule has 0 spiro atoms. The van der Waals surface area contributed by atoms with E-state index in [0.717, 1.165) is 17.8 Å². The molecule has 0 bridgehead atoms. The van der Waals surface area contributed by atoms with Crippen LogP contribution in [-0.4, -0.2) is 20.4 Å². The second kappa shape index (κ2) is 3.05. The molecule has 0 saturated heterocycles. The molecule has 0 fully saturated rings. The van der Waals surface area contributed by atoms with Crippen LogP contribution in [-0.2, 0) is 6.42 Å². The van der Waals surface area contributed by atoms with Crippen LogP contribution in [0.4, 0.5) is 0 Å². The van der Waals surface area contributed by atoms with E-state index in [-0.39, 0.29) is 0 Å². The summed E-state index contributed by atoms with van der Waals surface area (Å²) in [7, 11) is 0. The molecule has 68 valence electrons. The predicted octanol–water partition coefficient (Wildman–Crippen LogP) is 1.34. The summed E-state index contributed by atoms with van der Waals surface area (Å²) >= 11 is 0. The highest BCUT2D eigenvalue weighted by Crippen LogP contribution is 2.12. The van der Waals surface area contributed by atoms with Crippen molar-refractivity contribution in [2.75, 3.05) is 0 Å². The lowest BCUT2D eigenvalue weighted by molar-refractivity contribution is 1.04. The highest BCUT2D eigenvalue weighted by atomic mass is 15.1. The molecule has 0 amide bonds. The maximum absolute atomic E-state index is 3.98. The van der Waals surface area contributed by atoms with Crippen molar-refractivity contribution in [2.24, 2.45) is 0 Å². The topological polar surface area (TPSA) is 57.4 Å². The van der Waals surface area contributed by atoms with Gasteiger partial charge >= 0.3 is 0 Å². The molecular formula is C9H12N4. The van der Waals surface area contributed by atoms with Crippen LogP contribution in [0.1, 0.15) is 22.5 Å². The van der Waals surface area contributed by atoms with Crippen molar-refractivity contribution < 1.29 is 0 Å². The van der Waals surface area contributed by atoms with E-state index in [0.29, 0.717) is 0 Å². The fourth-order valence-electron chi connectivity index (χ4n) is 1.31. The summed E-state index contributed by atoms with van der Waals surface area (Å²) in [6.07, 6.45) is 4.62. The first-order chi connectivity index (χ1) is 6.27. The van der Waals surface area contributed by atoms with E-state index in [1.807, 2.05) is 26.2 Å². The van der Waals surface area contributed by atoms with Crippen LogP contribution in [0.25, 0.3) is 0 Å². The Hall–Kier alpha value is -1.58. The number of nitrogens with zero attached hydrogens (tertiary/aromatic N) is 2. The molecule has 2 aromatic heterocycles. The predicted molar refractivity (Wildman–Crippen MR) is 49.5 cm³/mol. The van der Waals surface area contributed by atoms with E-state index in [1.54, 1.807) is 0 Å². The quantitative estimate of drug-likeness (QED) is 0.725. The molecular weight excluding hydrogens is 164 g/mol. The van der Waals surface area contributed by atoms with E-state index in [1.165, 1.54) is 11.1 Å². The van der Waals surface area contributed by atoms with Gasteiger partial charge in [0.1, 0.15) is 0 Å². The summed E-state index contributed by atoms with van der Waals surface area (Å²) in [6, 6.07) is 0. The van der Waals surface area contributed by atoms with Gasteiger partial charge in [-0.25, -0.2) is 0 Å². The minimum absolute atomic E-state index is 0.894. The summed E-state index contributed by atoms with van der Waals surface area (Å²) in [6.45, 7) is 4.05. The molecule has 0 unspecified atom stereocenters. The SMILES string of the molecule is Cc1[nH]ncc1Cc1cn[nH]c1C. The number of rotatable bonds is 2. The molecule has 0 aliphatic rings. The number of aromatic amines is 2. The first-order valence-corrected chi connectivity index (χ1v) is 4.25. The maximum atomic E-state index is 3.98. The lowest BCUT2D eigenvalue weighted by Gasteiger charge is -1.96. The van der Waals surface area contributed by atoms with Gasteiger partial charge in [0.15, 0.2) is 0 Å². The Labute approximate surface area is 76.4 Å². The Morgan fingerprint density at radius 3 is 1.77 bits per heavy atom. The van der Waals surface area contributed by atoms with Crippen LogP contribution in [0.5, 0.6) is 0 Å². The van der Waals surface area contributed by atoms with Gasteiger partial charge in [-0.05, 0) is 25.0 Å². The minimum Gasteiger partial charge on any atom is -0.283 e. The normalized spacial score (nSPS) is 10.6. The van der Waals surface area contributed by atoms with Crippen molar-refractivity contribution in [3.63, 3.8) is 0 Å². The number of nitrogens with one attached hydrogen (secondary N) is 2. The Morgan fingerprint density at radius 1 is 1.00 bits per heavy atom. The maximum Gasteiger partial charge on any atom is 0.0525 e. The molecule has 2 N–H and O–H groups in total. The number of hydrogen-bond acceptors (Lipinski definition) is 2. The summed E-state index contributed by atoms with van der Waals surface area (Å²) in [5, 5.41) is 13.8. The van der Waals surface area contributed by atoms with E-state index < -0.39 is 0 Å². The van der Waals surface area contributed by atoms with Crippen LogP contribution in [0.2, 0.25) is 0 Å². The summed E-state index contributed by atoms with van der Waals surface area (Å²) < 4.78 is 0. The van der Waals surface area contributed by atoms with Crippen LogP contribution in [0.15, 0.2) is 12.4 Å². The third-order valence-corrected chi connectivity index (χ3v) is 2.25. The Balaban J connectivity index is 2.24. The van der Waals surface area contributed by atoms with Gasteiger partial charge < -0.3 is 0 Å². The van der Waals surface area contributed by atoms with Gasteiger partial charge in [0, 0.05) is 17.8 Å². The van der Waals surface area contributed by atoms with Gasteiger partial charge in [-0.15, -0.1) is 0 Å². The lowest BCUT2D eigenvalue weighted by Crippen LogP contribution is -1.89. The smallest absolute Gasteiger partial charge is 0.0525 e. The van der Waals surface area contributed by atoms with Crippen LogP contribution in [0, 0.1) is 13.8 Å². The van der Waals surface area contributed by atoms with E-state index in [2.05, 4.69) is 20.4 Å². The largest absolute Gasteiger partial charge is 0.283 e. The summed E-state index contributed by atoms with van der Waals surface area (Å²) in [5.41, 5.74) is 4.70. The van der Waals surface area contributed by atoms with Gasteiger partial charge in [-0.1, -0.05) is 0 Å². The van der Waals surface area contributed by atoms with Gasteiger partial charge in [-0.2, -0.15) is 10.2 Å². The van der Waals surface area contributed by atoms with Crippen molar-refractivity contribution in [2.45, 2.75) is 20.3 Å². The molecule has 0 aromatic carbocycles. The number of H-pyrrole nitrogens is 2. The molecule has 0 atom stereocenters. The third kappa shape index (κ3) is 1.47. The molecule has 0 radical (unpaired) electrons. The zero-order valence-corrected chi connectivity index (χ0v) is 7.76. The first-order valence-electron chi connectivity index (χ1n) is 4.25. The van der Waals surface area contributed by atoms with Gasteiger partial charge in [0.05, 0.1) is 12.4 Å². The van der Waals surface area contributed by atoms with Crippen molar-refractivity contribution in [1.82, 2.24) is 20.4 Å². The van der Waals surface area contributed by atoms with Crippen LogP contribution in [0.3, 0.4) is 0 Å². The van der Waals surface area contributed by atoms with Gasteiger partial charge in [0.25, 0.3) is 0 Å². The second-order valence-corrected chi connectivity index (χ2v) is 3.22. The monoisotopic (exact) mass is 176 g/mol. The highest BCUT2D eigenvalue weighted by molar-refractivity contribution is 5.26. The zero-order valence-electron chi connectivity index (χ0n) is 7.76. The average molecular weight is 176 g/mol. The van der Waals surface area contributed by atoms with Gasteiger partial charge in [-0.3, -0.25) is 10.2 Å². The van der Waals surface area contributed by atoms with Crippen molar-refractivity contribution >= 4 is 0 Å². The summed E-state index contributed by atoms with van der Waals surface area (Å²) in [4.78, 5) is 0. The standard InChI is InChI=1S/C9H12N4/c1-6-8(4-10-12-6)3-9-5-11-13-7(9)2/h4-5H,3H2,1-2H3,(H,10,12)(H,11,13). The molecule has 0 saturated carbocycles. The number of aryl methyl sites for hydroxylation is 2. The number of aromatic nitrogens is 4. The molecule has 2 aromatic rings. The Kier molecular flexibility index (Phi) is 1.88. The van der Waals surface area contributed by atoms with E-state index in [9.17, 15) is 0 Å². The molecule has 0 aliphatic carbocycles. The zero-order chi connectivity index (χ0) is 9.26. The molecule has 2 heterocycles. The number of hydrogen-bond donors (Lipinski definition) is 2. The average Bonchev–Trinajstić information content (AvgIpc) is 2.65. The van der Waals surface area contributed by atoms with E-state index >= 15 is 0 Å². The molecule has 13 heavy (non-hydrogen) atoms. The van der Waals surface area contributed by atoms with Crippen molar-refractivity contribution in [3.8, 4) is 0 Å². The Bertz CT molecular complexity index is 361. The van der Waals surface area contributed by atoms with Crippen LogP contribution >= 0.6 is 0 Å². The fourth-order valence-corrected chi connectivity index (χ4v) is 1.31. The highest BCUT2D eigenvalue weighted by Gasteiger charge is 2.05. The minimum atomic E-state index is 0.894. The van der Waals surface area contributed by atoms with Crippen molar-refractivity contribution in [3.05, 3.63) is 34.9 Å². The lowest BCUT2D eigenvalue weighted by atomic mass is 10.1. The molecule has 2 rings (SSSR count). The van der Waals surface area contributed by atoms with Gasteiger partial charge in [0.2, 0.25) is 0 Å². The fraction of sp³-hybridized carbons (Fsp3) is 0.333. The van der Waals surface area contributed by atoms with E-state index in [4.69, 9.17) is 0 Å². The second-order valence-electron chi connectivity index (χ2n) is 3.22. The molecule has 4 nitrogen and oxygen atoms in total. The van der Waals surface area contributed by atoms with Crippen molar-refractivity contribution in [1.29, 1.82) is 0 Å². The molecule has 0 aliphatic heterocycles. The third-order valence-electron chi connectivity index (χ3n) is 2.25. The Morgan fingerprint density at radius 2 is 1.46 bits per heavy atom.